The van der Waals surface area contributed by atoms with Gasteiger partial charge in [-0.05, 0) is 43.2 Å². The van der Waals surface area contributed by atoms with Crippen LogP contribution in [0.5, 0.6) is 0 Å². The molecule has 0 spiro atoms. The fourth-order valence-electron chi connectivity index (χ4n) is 2.92. The van der Waals surface area contributed by atoms with E-state index in [9.17, 15) is 13.2 Å². The Morgan fingerprint density at radius 2 is 1.69 bits per heavy atom. The van der Waals surface area contributed by atoms with Crippen LogP contribution in [0.25, 0.3) is 0 Å². The molecule has 1 aliphatic carbocycles. The van der Waals surface area contributed by atoms with E-state index in [1.807, 2.05) is 0 Å². The molecule has 3 rings (SSSR count). The fourth-order valence-corrected chi connectivity index (χ4v) is 3.99. The molecule has 1 fully saturated rings. The lowest BCUT2D eigenvalue weighted by Crippen LogP contribution is -2.22. The van der Waals surface area contributed by atoms with Gasteiger partial charge in [0, 0.05) is 5.69 Å². The minimum atomic E-state index is -3.67. The number of sulfonamides is 1. The summed E-state index contributed by atoms with van der Waals surface area (Å²) >= 11 is 0. The first-order valence-electron chi connectivity index (χ1n) is 8.62. The molecule has 0 heterocycles. The van der Waals surface area contributed by atoms with Crippen molar-refractivity contribution < 1.29 is 17.9 Å². The number of benzene rings is 2. The molecule has 0 aliphatic heterocycles. The third kappa shape index (κ3) is 5.06. The molecule has 2 aromatic carbocycles. The Morgan fingerprint density at radius 1 is 1.00 bits per heavy atom. The smallest absolute Gasteiger partial charge is 0.261 e. The Kier molecular flexibility index (Phi) is 5.90. The lowest BCUT2D eigenvalue weighted by molar-refractivity contribution is -0.122. The first-order valence-corrected chi connectivity index (χ1v) is 10.1. The monoisotopic (exact) mass is 374 g/mol. The molecule has 26 heavy (non-hydrogen) atoms. The van der Waals surface area contributed by atoms with Crippen LogP contribution in [0.2, 0.25) is 0 Å². The minimum absolute atomic E-state index is 0.00460. The van der Waals surface area contributed by atoms with E-state index in [0.29, 0.717) is 11.4 Å². The summed E-state index contributed by atoms with van der Waals surface area (Å²) in [6, 6.07) is 14.7. The highest BCUT2D eigenvalue weighted by Crippen LogP contribution is 2.21. The number of carbonyl (C=O) groups excluding carboxylic acids is 1. The Labute approximate surface area is 153 Å². The van der Waals surface area contributed by atoms with Crippen LogP contribution < -0.4 is 10.0 Å². The second-order valence-corrected chi connectivity index (χ2v) is 7.95. The van der Waals surface area contributed by atoms with Crippen LogP contribution in [0, 0.1) is 0 Å². The maximum atomic E-state index is 12.4. The van der Waals surface area contributed by atoms with Crippen LogP contribution in [0.4, 0.5) is 11.4 Å². The summed E-state index contributed by atoms with van der Waals surface area (Å²) in [5.74, 6) is -0.250. The van der Waals surface area contributed by atoms with Crippen LogP contribution in [0.3, 0.4) is 0 Å². The fraction of sp³-hybridized carbons (Fsp3) is 0.316. The lowest BCUT2D eigenvalue weighted by atomic mass is 10.3. The lowest BCUT2D eigenvalue weighted by Gasteiger charge is -2.12. The molecule has 0 aromatic heterocycles. The topological polar surface area (TPSA) is 84.5 Å². The predicted octanol–water partition coefficient (Wildman–Crippen LogP) is 3.39. The van der Waals surface area contributed by atoms with Gasteiger partial charge in [-0.1, -0.05) is 37.1 Å². The number of nitrogens with one attached hydrogen (secondary N) is 2. The van der Waals surface area contributed by atoms with Crippen LogP contribution in [-0.4, -0.2) is 27.0 Å². The van der Waals surface area contributed by atoms with Crippen molar-refractivity contribution in [1.82, 2.24) is 0 Å². The normalized spacial score (nSPS) is 14.9. The van der Waals surface area contributed by atoms with Crippen molar-refractivity contribution in [2.24, 2.45) is 0 Å². The molecule has 2 aromatic rings. The molecule has 2 N–H and O–H groups in total. The zero-order valence-corrected chi connectivity index (χ0v) is 15.2. The quantitative estimate of drug-likeness (QED) is 0.778. The van der Waals surface area contributed by atoms with Gasteiger partial charge in [0.1, 0.15) is 6.61 Å². The molecule has 1 amide bonds. The Bertz CT molecular complexity index is 847. The first kappa shape index (κ1) is 18.4. The van der Waals surface area contributed by atoms with Gasteiger partial charge in [0.05, 0.1) is 16.7 Å². The van der Waals surface area contributed by atoms with E-state index in [1.165, 1.54) is 12.1 Å². The minimum Gasteiger partial charge on any atom is -0.368 e. The second-order valence-electron chi connectivity index (χ2n) is 6.27. The van der Waals surface area contributed by atoms with Gasteiger partial charge in [-0.15, -0.1) is 0 Å². The van der Waals surface area contributed by atoms with E-state index >= 15 is 0 Å². The Balaban J connectivity index is 1.60. The van der Waals surface area contributed by atoms with Gasteiger partial charge in [0.15, 0.2) is 0 Å². The molecule has 1 aliphatic rings. The van der Waals surface area contributed by atoms with E-state index in [4.69, 9.17) is 4.74 Å². The summed E-state index contributed by atoms with van der Waals surface area (Å²) in [5, 5.41) is 2.73. The van der Waals surface area contributed by atoms with Crippen molar-refractivity contribution >= 4 is 27.3 Å². The predicted molar refractivity (Wildman–Crippen MR) is 101 cm³/mol. The molecule has 138 valence electrons. The van der Waals surface area contributed by atoms with E-state index in [-0.39, 0.29) is 23.5 Å². The van der Waals surface area contributed by atoms with Gasteiger partial charge >= 0.3 is 0 Å². The van der Waals surface area contributed by atoms with E-state index < -0.39 is 10.0 Å². The molecular weight excluding hydrogens is 352 g/mol. The van der Waals surface area contributed by atoms with E-state index in [2.05, 4.69) is 10.0 Å². The number of carbonyl (C=O) groups is 1. The highest BCUT2D eigenvalue weighted by atomic mass is 32.2. The summed E-state index contributed by atoms with van der Waals surface area (Å²) in [6.07, 6.45) is 4.48. The molecule has 1 saturated carbocycles. The van der Waals surface area contributed by atoms with Gasteiger partial charge in [-0.3, -0.25) is 9.52 Å². The average molecular weight is 374 g/mol. The molecule has 0 radical (unpaired) electrons. The summed E-state index contributed by atoms with van der Waals surface area (Å²) in [5.41, 5.74) is 0.890. The highest BCUT2D eigenvalue weighted by Gasteiger charge is 2.17. The van der Waals surface area contributed by atoms with Crippen molar-refractivity contribution in [2.45, 2.75) is 36.7 Å². The van der Waals surface area contributed by atoms with Crippen molar-refractivity contribution in [1.29, 1.82) is 0 Å². The second kappa shape index (κ2) is 8.33. The van der Waals surface area contributed by atoms with Crippen molar-refractivity contribution in [3.63, 3.8) is 0 Å². The van der Waals surface area contributed by atoms with Gasteiger partial charge in [0.25, 0.3) is 10.0 Å². The number of rotatable bonds is 7. The van der Waals surface area contributed by atoms with Crippen LogP contribution in [-0.2, 0) is 19.6 Å². The average Bonchev–Trinajstić information content (AvgIpc) is 3.14. The molecule has 0 unspecified atom stereocenters. The summed E-state index contributed by atoms with van der Waals surface area (Å²) < 4.78 is 32.8. The first-order chi connectivity index (χ1) is 12.5. The van der Waals surface area contributed by atoms with Gasteiger partial charge in [0.2, 0.25) is 5.91 Å². The van der Waals surface area contributed by atoms with Crippen molar-refractivity contribution in [3.8, 4) is 0 Å². The molecular formula is C19H22N2O4S. The zero-order chi connectivity index (χ0) is 18.4. The van der Waals surface area contributed by atoms with Gasteiger partial charge in [-0.25, -0.2) is 8.42 Å². The number of hydrogen-bond acceptors (Lipinski definition) is 4. The third-order valence-electron chi connectivity index (χ3n) is 4.20. The van der Waals surface area contributed by atoms with Crippen LogP contribution in [0.15, 0.2) is 59.5 Å². The summed E-state index contributed by atoms with van der Waals surface area (Å²) in [4.78, 5) is 12.2. The molecule has 0 saturated heterocycles. The summed E-state index contributed by atoms with van der Waals surface area (Å²) in [6.45, 7) is 0.00460. The number of amides is 1. The largest absolute Gasteiger partial charge is 0.368 e. The zero-order valence-electron chi connectivity index (χ0n) is 14.4. The number of hydrogen-bond donors (Lipinski definition) is 2. The molecule has 0 atom stereocenters. The van der Waals surface area contributed by atoms with Crippen LogP contribution in [0.1, 0.15) is 25.7 Å². The third-order valence-corrected chi connectivity index (χ3v) is 5.60. The Morgan fingerprint density at radius 3 is 2.42 bits per heavy atom. The molecule has 6 nitrogen and oxygen atoms in total. The number of ether oxygens (including phenoxy) is 1. The molecule has 0 bridgehead atoms. The van der Waals surface area contributed by atoms with Crippen molar-refractivity contribution in [2.75, 3.05) is 16.6 Å². The maximum absolute atomic E-state index is 12.4. The van der Waals surface area contributed by atoms with Gasteiger partial charge in [-0.2, -0.15) is 0 Å². The highest BCUT2D eigenvalue weighted by molar-refractivity contribution is 7.92. The van der Waals surface area contributed by atoms with E-state index in [0.717, 1.165) is 25.7 Å². The standard InChI is InChI=1S/C19H22N2O4S/c22-19(14-25-17-9-4-5-10-17)20-15-7-6-8-16(13-15)21-26(23,24)18-11-2-1-3-12-18/h1-3,6-8,11-13,17,21H,4-5,9-10,14H2,(H,20,22). The van der Waals surface area contributed by atoms with Gasteiger partial charge < -0.3 is 10.1 Å². The van der Waals surface area contributed by atoms with Crippen molar-refractivity contribution in [3.05, 3.63) is 54.6 Å². The van der Waals surface area contributed by atoms with Crippen LogP contribution >= 0.6 is 0 Å². The summed E-state index contributed by atoms with van der Waals surface area (Å²) in [7, 11) is -3.67. The number of anilines is 2. The Hall–Kier alpha value is -2.38. The SMILES string of the molecule is O=C(COC1CCCC1)Nc1cccc(NS(=O)(=O)c2ccccc2)c1. The van der Waals surface area contributed by atoms with E-state index in [1.54, 1.807) is 42.5 Å². The maximum Gasteiger partial charge on any atom is 0.261 e. The molecule has 7 heteroatoms.